The van der Waals surface area contributed by atoms with E-state index in [1.807, 2.05) is 6.92 Å². The molecule has 0 saturated carbocycles. The second-order valence-electron chi connectivity index (χ2n) is 4.69. The van der Waals surface area contributed by atoms with Crippen molar-refractivity contribution in [3.8, 4) is 5.75 Å². The summed E-state index contributed by atoms with van der Waals surface area (Å²) in [4.78, 5) is 0. The second-order valence-corrected chi connectivity index (χ2v) is 5.10. The van der Waals surface area contributed by atoms with Crippen LogP contribution in [0.4, 0.5) is 0 Å². The first-order valence-corrected chi connectivity index (χ1v) is 7.01. The van der Waals surface area contributed by atoms with Crippen molar-refractivity contribution in [2.75, 3.05) is 0 Å². The van der Waals surface area contributed by atoms with Crippen LogP contribution in [0.3, 0.4) is 0 Å². The molecule has 96 valence electrons. The fourth-order valence-electron chi connectivity index (χ4n) is 2.11. The van der Waals surface area contributed by atoms with Crippen LogP contribution in [0.25, 0.3) is 0 Å². The Morgan fingerprint density at radius 2 is 1.71 bits per heavy atom. The molecule has 0 amide bonds. The lowest BCUT2D eigenvalue weighted by molar-refractivity contribution is 0.465. The summed E-state index contributed by atoms with van der Waals surface area (Å²) in [5, 5.41) is 10.6. The number of aromatic hydroxyl groups is 1. The summed E-state index contributed by atoms with van der Waals surface area (Å²) in [5.41, 5.74) is 2.05. The summed E-state index contributed by atoms with van der Waals surface area (Å²) < 4.78 is 0. The normalized spacial score (nSPS) is 10.8. The summed E-state index contributed by atoms with van der Waals surface area (Å²) in [6, 6.07) is 3.46. The molecule has 0 heterocycles. The van der Waals surface area contributed by atoms with Crippen molar-refractivity contribution in [3.63, 3.8) is 0 Å². The molecule has 1 nitrogen and oxygen atoms in total. The molecular weight excluding hydrogens is 232 g/mol. The minimum Gasteiger partial charge on any atom is -0.508 e. The standard InChI is InChI=1S/C15H23ClO/c1-3-4-5-6-7-8-9-13-12(2)14(16)10-11-15(13)17/h10-11,17H,3-9H2,1-2H3. The number of hydrogen-bond donors (Lipinski definition) is 1. The van der Waals surface area contributed by atoms with Gasteiger partial charge in [-0.05, 0) is 43.0 Å². The predicted molar refractivity (Wildman–Crippen MR) is 74.9 cm³/mol. The van der Waals surface area contributed by atoms with Crippen molar-refractivity contribution < 1.29 is 5.11 Å². The van der Waals surface area contributed by atoms with Crippen LogP contribution in [0.15, 0.2) is 12.1 Å². The van der Waals surface area contributed by atoms with E-state index in [1.54, 1.807) is 12.1 Å². The molecule has 0 bridgehead atoms. The van der Waals surface area contributed by atoms with Crippen LogP contribution >= 0.6 is 11.6 Å². The fraction of sp³-hybridized carbons (Fsp3) is 0.600. The van der Waals surface area contributed by atoms with E-state index in [1.165, 1.54) is 32.1 Å². The first kappa shape index (κ1) is 14.4. The van der Waals surface area contributed by atoms with Crippen molar-refractivity contribution in [1.29, 1.82) is 0 Å². The lowest BCUT2D eigenvalue weighted by Crippen LogP contribution is -1.92. The molecule has 0 atom stereocenters. The van der Waals surface area contributed by atoms with Crippen LogP contribution in [0.2, 0.25) is 5.02 Å². The van der Waals surface area contributed by atoms with E-state index >= 15 is 0 Å². The number of phenolic OH excluding ortho intramolecular Hbond substituents is 1. The van der Waals surface area contributed by atoms with Crippen LogP contribution < -0.4 is 0 Å². The highest BCUT2D eigenvalue weighted by Gasteiger charge is 2.07. The zero-order valence-corrected chi connectivity index (χ0v) is 11.7. The zero-order chi connectivity index (χ0) is 12.7. The summed E-state index contributed by atoms with van der Waals surface area (Å²) in [6.07, 6.45) is 8.56. The van der Waals surface area contributed by atoms with Gasteiger partial charge in [-0.2, -0.15) is 0 Å². The van der Waals surface area contributed by atoms with E-state index in [9.17, 15) is 5.11 Å². The molecule has 1 aromatic rings. The third-order valence-corrected chi connectivity index (χ3v) is 3.70. The largest absolute Gasteiger partial charge is 0.508 e. The van der Waals surface area contributed by atoms with Crippen LogP contribution in [0.1, 0.15) is 56.6 Å². The maximum atomic E-state index is 9.80. The molecule has 1 rings (SSSR count). The Kier molecular flexibility index (Phi) is 6.43. The molecule has 0 aliphatic heterocycles. The minimum atomic E-state index is 0.389. The van der Waals surface area contributed by atoms with Gasteiger partial charge in [0.2, 0.25) is 0 Å². The highest BCUT2D eigenvalue weighted by molar-refractivity contribution is 6.31. The van der Waals surface area contributed by atoms with E-state index in [0.29, 0.717) is 5.75 Å². The Bertz CT molecular complexity index is 347. The van der Waals surface area contributed by atoms with E-state index < -0.39 is 0 Å². The van der Waals surface area contributed by atoms with Crippen molar-refractivity contribution >= 4 is 11.6 Å². The molecule has 0 fully saturated rings. The molecule has 0 spiro atoms. The van der Waals surface area contributed by atoms with Gasteiger partial charge in [0.1, 0.15) is 5.75 Å². The Labute approximate surface area is 110 Å². The van der Waals surface area contributed by atoms with Crippen molar-refractivity contribution in [2.45, 2.75) is 58.8 Å². The average molecular weight is 255 g/mol. The number of hydrogen-bond acceptors (Lipinski definition) is 1. The van der Waals surface area contributed by atoms with Crippen molar-refractivity contribution in [1.82, 2.24) is 0 Å². The van der Waals surface area contributed by atoms with Gasteiger partial charge in [0.15, 0.2) is 0 Å². The maximum absolute atomic E-state index is 9.80. The van der Waals surface area contributed by atoms with Gasteiger partial charge in [0.05, 0.1) is 0 Å². The van der Waals surface area contributed by atoms with E-state index in [-0.39, 0.29) is 0 Å². The van der Waals surface area contributed by atoms with Crippen LogP contribution in [0.5, 0.6) is 5.75 Å². The van der Waals surface area contributed by atoms with Gasteiger partial charge in [0.25, 0.3) is 0 Å². The Morgan fingerprint density at radius 1 is 1.06 bits per heavy atom. The molecule has 0 aromatic heterocycles. The summed E-state index contributed by atoms with van der Waals surface area (Å²) in [7, 11) is 0. The summed E-state index contributed by atoms with van der Waals surface area (Å²) in [6.45, 7) is 4.21. The van der Waals surface area contributed by atoms with Crippen LogP contribution in [-0.4, -0.2) is 5.11 Å². The van der Waals surface area contributed by atoms with Gasteiger partial charge in [-0.3, -0.25) is 0 Å². The lowest BCUT2D eigenvalue weighted by Gasteiger charge is -2.09. The molecule has 1 N–H and O–H groups in total. The predicted octanol–water partition coefficient (Wildman–Crippen LogP) is 5.26. The first-order chi connectivity index (χ1) is 8.16. The molecule has 17 heavy (non-hydrogen) atoms. The fourth-order valence-corrected chi connectivity index (χ4v) is 2.29. The number of benzene rings is 1. The molecule has 1 aromatic carbocycles. The summed E-state index contributed by atoms with van der Waals surface area (Å²) >= 11 is 6.06. The first-order valence-electron chi connectivity index (χ1n) is 6.63. The van der Waals surface area contributed by atoms with Crippen LogP contribution in [0, 0.1) is 6.92 Å². The van der Waals surface area contributed by atoms with Gasteiger partial charge >= 0.3 is 0 Å². The van der Waals surface area contributed by atoms with Crippen molar-refractivity contribution in [2.24, 2.45) is 0 Å². The van der Waals surface area contributed by atoms with E-state index in [2.05, 4.69) is 6.92 Å². The van der Waals surface area contributed by atoms with Gasteiger partial charge < -0.3 is 5.11 Å². The van der Waals surface area contributed by atoms with Gasteiger partial charge in [-0.1, -0.05) is 50.6 Å². The smallest absolute Gasteiger partial charge is 0.119 e. The monoisotopic (exact) mass is 254 g/mol. The molecule has 0 radical (unpaired) electrons. The molecule has 0 saturated heterocycles. The topological polar surface area (TPSA) is 20.2 Å². The molecule has 0 aliphatic rings. The molecule has 0 unspecified atom stereocenters. The lowest BCUT2D eigenvalue weighted by atomic mass is 10.0. The third-order valence-electron chi connectivity index (χ3n) is 3.29. The zero-order valence-electron chi connectivity index (χ0n) is 10.9. The van der Waals surface area contributed by atoms with Gasteiger partial charge in [-0.15, -0.1) is 0 Å². The number of rotatable bonds is 7. The molecular formula is C15H23ClO. The quantitative estimate of drug-likeness (QED) is 0.659. The number of unbranched alkanes of at least 4 members (excludes halogenated alkanes) is 5. The summed E-state index contributed by atoms with van der Waals surface area (Å²) in [5.74, 6) is 0.389. The van der Waals surface area contributed by atoms with E-state index in [4.69, 9.17) is 11.6 Å². The maximum Gasteiger partial charge on any atom is 0.119 e. The highest BCUT2D eigenvalue weighted by Crippen LogP contribution is 2.28. The Balaban J connectivity index is 2.39. The Morgan fingerprint density at radius 3 is 2.41 bits per heavy atom. The van der Waals surface area contributed by atoms with Crippen LogP contribution in [-0.2, 0) is 6.42 Å². The van der Waals surface area contributed by atoms with E-state index in [0.717, 1.165) is 29.0 Å². The van der Waals surface area contributed by atoms with Crippen molar-refractivity contribution in [3.05, 3.63) is 28.3 Å². The highest BCUT2D eigenvalue weighted by atomic mass is 35.5. The van der Waals surface area contributed by atoms with Gasteiger partial charge in [0, 0.05) is 5.02 Å². The minimum absolute atomic E-state index is 0.389. The number of phenols is 1. The average Bonchev–Trinajstić information content (AvgIpc) is 2.32. The second kappa shape index (κ2) is 7.60. The number of halogens is 1. The Hall–Kier alpha value is -0.690. The molecule has 0 aliphatic carbocycles. The molecule has 2 heteroatoms. The third kappa shape index (κ3) is 4.59. The van der Waals surface area contributed by atoms with Gasteiger partial charge in [-0.25, -0.2) is 0 Å². The SMILES string of the molecule is CCCCCCCCc1c(O)ccc(Cl)c1C.